The van der Waals surface area contributed by atoms with Crippen molar-refractivity contribution in [3.05, 3.63) is 83.9 Å². The summed E-state index contributed by atoms with van der Waals surface area (Å²) >= 11 is 0. The molecule has 0 bridgehead atoms. The van der Waals surface area contributed by atoms with Crippen molar-refractivity contribution in [1.29, 1.82) is 0 Å². The van der Waals surface area contributed by atoms with E-state index in [2.05, 4.69) is 31.0 Å². The minimum absolute atomic E-state index is 0.0185. The lowest BCUT2D eigenvalue weighted by atomic mass is 9.83. The fourth-order valence-corrected chi connectivity index (χ4v) is 6.81. The molecule has 50 heavy (non-hydrogen) atoms. The molecule has 2 aliphatic heterocycles. The van der Waals surface area contributed by atoms with Crippen LogP contribution in [0, 0.1) is 17.0 Å². The smallest absolute Gasteiger partial charge is 0.315 e. The first-order valence-corrected chi connectivity index (χ1v) is 16.9. The van der Waals surface area contributed by atoms with E-state index < -0.39 is 5.41 Å². The molecule has 0 saturated carbocycles. The number of nitrogens with zero attached hydrogens (tertiary/aromatic N) is 5. The Morgan fingerprint density at radius 2 is 1.82 bits per heavy atom. The molecule has 5 aromatic rings. The number of H-pyrrole nitrogens is 1. The number of nitrogens with one attached hydrogen (secondary N) is 3. The number of likely N-dealkylation sites (tertiary alicyclic amines) is 1. The number of benzene rings is 3. The fourth-order valence-electron chi connectivity index (χ4n) is 6.81. The van der Waals surface area contributed by atoms with E-state index in [0.29, 0.717) is 74.5 Å². The standard InChI is InChI=1S/C37H38F2N8O3/c1-3-37(35(49)41-27-10-12-31-29(20-27)33(43-42-31)24-5-8-26(38)9-6-24)15-18-46(22-37)21-32(48)47-16-13-23(14-17-47)28-11-7-25(19-30(28)39)34-44-45-36(50-34)40-4-2/h5-13,19-20H,3-4,14-18,21-22H2,1-2H3,(H,40,45)(H,41,49)(H,42,43)/t37-/m1/s1. The molecular weight excluding hydrogens is 642 g/mol. The molecule has 0 radical (unpaired) electrons. The van der Waals surface area contributed by atoms with Crippen molar-refractivity contribution in [1.82, 2.24) is 30.2 Å². The Balaban J connectivity index is 0.959. The van der Waals surface area contributed by atoms with Gasteiger partial charge in [0.15, 0.2) is 0 Å². The topological polar surface area (TPSA) is 132 Å². The van der Waals surface area contributed by atoms with Gasteiger partial charge < -0.3 is 20.0 Å². The van der Waals surface area contributed by atoms with Crippen molar-refractivity contribution in [3.63, 3.8) is 0 Å². The third-order valence-corrected chi connectivity index (χ3v) is 9.77. The predicted molar refractivity (Wildman–Crippen MR) is 187 cm³/mol. The Bertz CT molecular complexity index is 2070. The maximum atomic E-state index is 15.2. The summed E-state index contributed by atoms with van der Waals surface area (Å²) < 4.78 is 34.2. The van der Waals surface area contributed by atoms with E-state index in [1.165, 1.54) is 18.2 Å². The van der Waals surface area contributed by atoms with Gasteiger partial charge in [-0.05, 0) is 92.9 Å². The number of fused-ring (bicyclic) bond motifs is 1. The molecule has 3 aromatic carbocycles. The van der Waals surface area contributed by atoms with Gasteiger partial charge in [-0.25, -0.2) is 8.78 Å². The second kappa shape index (κ2) is 13.8. The first kappa shape index (κ1) is 33.1. The maximum Gasteiger partial charge on any atom is 0.315 e. The number of rotatable bonds is 10. The van der Waals surface area contributed by atoms with Gasteiger partial charge in [0.1, 0.15) is 11.6 Å². The van der Waals surface area contributed by atoms with Gasteiger partial charge in [-0.2, -0.15) is 5.10 Å². The molecule has 0 unspecified atom stereocenters. The van der Waals surface area contributed by atoms with Crippen molar-refractivity contribution < 1.29 is 22.8 Å². The highest BCUT2D eigenvalue weighted by molar-refractivity contribution is 6.00. The molecule has 13 heteroatoms. The van der Waals surface area contributed by atoms with Gasteiger partial charge >= 0.3 is 6.01 Å². The molecule has 0 spiro atoms. The first-order valence-electron chi connectivity index (χ1n) is 16.9. The van der Waals surface area contributed by atoms with Gasteiger partial charge in [0.05, 0.1) is 23.2 Å². The summed E-state index contributed by atoms with van der Waals surface area (Å²) in [7, 11) is 0. The lowest BCUT2D eigenvalue weighted by Gasteiger charge is -2.30. The highest BCUT2D eigenvalue weighted by Crippen LogP contribution is 2.37. The van der Waals surface area contributed by atoms with E-state index in [0.717, 1.165) is 22.0 Å². The second-order valence-corrected chi connectivity index (χ2v) is 12.8. The number of aromatic amines is 1. The van der Waals surface area contributed by atoms with Crippen LogP contribution in [0.1, 0.15) is 38.7 Å². The minimum atomic E-state index is -0.639. The van der Waals surface area contributed by atoms with Crippen LogP contribution >= 0.6 is 0 Å². The highest BCUT2D eigenvalue weighted by atomic mass is 19.1. The molecule has 1 fully saturated rings. The molecule has 4 heterocycles. The molecule has 0 aliphatic carbocycles. The third kappa shape index (κ3) is 6.60. The van der Waals surface area contributed by atoms with Crippen molar-refractivity contribution in [3.8, 4) is 22.7 Å². The molecule has 2 aromatic heterocycles. The van der Waals surface area contributed by atoms with Gasteiger partial charge in [0, 0.05) is 53.9 Å². The summed E-state index contributed by atoms with van der Waals surface area (Å²) in [6, 6.07) is 16.8. The number of anilines is 2. The Morgan fingerprint density at radius 3 is 2.56 bits per heavy atom. The first-order chi connectivity index (χ1) is 24.2. The summed E-state index contributed by atoms with van der Waals surface area (Å²) in [5.74, 6) is -0.579. The summed E-state index contributed by atoms with van der Waals surface area (Å²) in [6.07, 6.45) is 3.69. The largest absolute Gasteiger partial charge is 0.403 e. The summed E-state index contributed by atoms with van der Waals surface area (Å²) in [6.45, 7) is 6.72. The molecule has 3 N–H and O–H groups in total. The van der Waals surface area contributed by atoms with Gasteiger partial charge in [-0.3, -0.25) is 19.6 Å². The Labute approximate surface area is 287 Å². The number of amides is 2. The van der Waals surface area contributed by atoms with Gasteiger partial charge in [0.25, 0.3) is 0 Å². The highest BCUT2D eigenvalue weighted by Gasteiger charge is 2.43. The molecule has 2 aliphatic rings. The van der Waals surface area contributed by atoms with Crippen LogP contribution in [0.2, 0.25) is 0 Å². The van der Waals surface area contributed by atoms with E-state index in [9.17, 15) is 14.0 Å². The van der Waals surface area contributed by atoms with Crippen molar-refractivity contribution >= 4 is 40.0 Å². The van der Waals surface area contributed by atoms with E-state index >= 15 is 4.39 Å². The van der Waals surface area contributed by atoms with Crippen LogP contribution in [0.4, 0.5) is 20.5 Å². The monoisotopic (exact) mass is 680 g/mol. The maximum absolute atomic E-state index is 15.2. The average molecular weight is 681 g/mol. The van der Waals surface area contributed by atoms with Crippen LogP contribution in [0.25, 0.3) is 39.2 Å². The third-order valence-electron chi connectivity index (χ3n) is 9.77. The van der Waals surface area contributed by atoms with Crippen LogP contribution in [0.3, 0.4) is 0 Å². The lowest BCUT2D eigenvalue weighted by molar-refractivity contribution is -0.132. The second-order valence-electron chi connectivity index (χ2n) is 12.8. The number of carbonyl (C=O) groups is 2. The molecule has 2 amide bonds. The van der Waals surface area contributed by atoms with E-state index in [-0.39, 0.29) is 41.9 Å². The van der Waals surface area contributed by atoms with Gasteiger partial charge in [-0.15, -0.1) is 5.10 Å². The van der Waals surface area contributed by atoms with Crippen LogP contribution < -0.4 is 10.6 Å². The zero-order valence-corrected chi connectivity index (χ0v) is 27.9. The predicted octanol–water partition coefficient (Wildman–Crippen LogP) is 6.35. The molecule has 7 rings (SSSR count). The summed E-state index contributed by atoms with van der Waals surface area (Å²) in [5.41, 5.74) is 4.08. The Hall–Kier alpha value is -5.43. The zero-order valence-electron chi connectivity index (χ0n) is 27.9. The SMILES string of the molecule is CCNc1nnc(-c2ccc(C3=CCN(C(=O)CN4CC[C@@](CC)(C(=O)Nc5ccc6[nH]nc(-c7ccc(F)cc7)c6c5)C4)CC3)c(F)c2)o1. The van der Waals surface area contributed by atoms with E-state index in [1.54, 1.807) is 29.2 Å². The van der Waals surface area contributed by atoms with Crippen LogP contribution in [0.5, 0.6) is 0 Å². The quantitative estimate of drug-likeness (QED) is 0.156. The molecule has 11 nitrogen and oxygen atoms in total. The Morgan fingerprint density at radius 1 is 1.00 bits per heavy atom. The summed E-state index contributed by atoms with van der Waals surface area (Å²) in [4.78, 5) is 30.9. The normalized spacial score (nSPS) is 18.0. The van der Waals surface area contributed by atoms with Crippen LogP contribution in [0.15, 0.2) is 71.2 Å². The zero-order chi connectivity index (χ0) is 34.8. The number of halogens is 2. The Kier molecular flexibility index (Phi) is 9.15. The minimum Gasteiger partial charge on any atom is -0.403 e. The van der Waals surface area contributed by atoms with Crippen molar-refractivity contribution in [2.75, 3.05) is 49.9 Å². The van der Waals surface area contributed by atoms with Gasteiger partial charge in [0.2, 0.25) is 17.7 Å². The summed E-state index contributed by atoms with van der Waals surface area (Å²) in [5, 5.41) is 22.2. The van der Waals surface area contributed by atoms with Gasteiger partial charge in [-0.1, -0.05) is 24.2 Å². The van der Waals surface area contributed by atoms with E-state index in [1.807, 2.05) is 43.0 Å². The number of hydrogen-bond donors (Lipinski definition) is 3. The van der Waals surface area contributed by atoms with E-state index in [4.69, 9.17) is 4.42 Å². The van der Waals surface area contributed by atoms with Crippen LogP contribution in [-0.4, -0.2) is 81.3 Å². The molecule has 1 atom stereocenters. The van der Waals surface area contributed by atoms with Crippen molar-refractivity contribution in [2.45, 2.75) is 33.1 Å². The molecule has 1 saturated heterocycles. The fraction of sp³-hybridized carbons (Fsp3) is 0.324. The average Bonchev–Trinajstić information content (AvgIpc) is 3.88. The van der Waals surface area contributed by atoms with Crippen LogP contribution in [-0.2, 0) is 9.59 Å². The molecule has 258 valence electrons. The number of hydrogen-bond acceptors (Lipinski definition) is 8. The van der Waals surface area contributed by atoms with Crippen molar-refractivity contribution in [2.24, 2.45) is 5.41 Å². The number of carbonyl (C=O) groups excluding carboxylic acids is 2. The lowest BCUT2D eigenvalue weighted by Crippen LogP contribution is -2.43. The molecular formula is C37H38F2N8O3. The number of aromatic nitrogens is 4.